The number of hydrogen-bond acceptors (Lipinski definition) is 4. The molecule has 0 bridgehead atoms. The lowest BCUT2D eigenvalue weighted by atomic mass is 9.97. The molecular formula is C18H21F3N2O2S2. The summed E-state index contributed by atoms with van der Waals surface area (Å²) in [5.41, 5.74) is 0. The van der Waals surface area contributed by atoms with E-state index in [-0.39, 0.29) is 12.6 Å². The first kappa shape index (κ1) is 20.3. The molecule has 1 N–H and O–H groups in total. The molecule has 1 aliphatic rings. The number of nitrogens with zero attached hydrogens (tertiary/aromatic N) is 1. The summed E-state index contributed by atoms with van der Waals surface area (Å²) in [6.45, 7) is 3.89. The molecule has 1 aromatic carbocycles. The molecule has 1 fully saturated rings. The molecule has 3 rings (SSSR count). The van der Waals surface area contributed by atoms with E-state index in [1.807, 2.05) is 17.5 Å². The number of sulfonamides is 1. The van der Waals surface area contributed by atoms with Gasteiger partial charge in [-0.3, -0.25) is 4.90 Å². The van der Waals surface area contributed by atoms with Gasteiger partial charge in [-0.15, -0.1) is 11.3 Å². The van der Waals surface area contributed by atoms with Crippen molar-refractivity contribution in [2.24, 2.45) is 5.92 Å². The third-order valence-corrected chi connectivity index (χ3v) is 7.30. The number of hydrogen-bond donors (Lipinski definition) is 1. The molecule has 1 unspecified atom stereocenters. The maximum absolute atomic E-state index is 13.9. The Morgan fingerprint density at radius 1 is 1.19 bits per heavy atom. The first-order valence-electron chi connectivity index (χ1n) is 8.70. The highest BCUT2D eigenvalue weighted by molar-refractivity contribution is 7.89. The van der Waals surface area contributed by atoms with Gasteiger partial charge in [-0.2, -0.15) is 0 Å². The molecular weight excluding hydrogens is 397 g/mol. The van der Waals surface area contributed by atoms with Crippen LogP contribution in [0.4, 0.5) is 13.2 Å². The van der Waals surface area contributed by atoms with Crippen molar-refractivity contribution < 1.29 is 21.6 Å². The smallest absolute Gasteiger partial charge is 0.243 e. The Kier molecular flexibility index (Phi) is 6.25. The summed E-state index contributed by atoms with van der Waals surface area (Å²) in [4.78, 5) is 2.31. The Balaban J connectivity index is 1.80. The van der Waals surface area contributed by atoms with Gasteiger partial charge in [0.1, 0.15) is 4.90 Å². The van der Waals surface area contributed by atoms with Crippen molar-refractivity contribution in [1.82, 2.24) is 9.62 Å². The first-order valence-corrected chi connectivity index (χ1v) is 11.1. The second kappa shape index (κ2) is 8.30. The van der Waals surface area contributed by atoms with Crippen LogP contribution in [0.25, 0.3) is 0 Å². The molecule has 1 atom stereocenters. The molecule has 0 saturated carbocycles. The number of thiophene rings is 1. The van der Waals surface area contributed by atoms with Gasteiger partial charge >= 0.3 is 0 Å². The van der Waals surface area contributed by atoms with Gasteiger partial charge in [0.25, 0.3) is 0 Å². The van der Waals surface area contributed by atoms with Crippen molar-refractivity contribution >= 4 is 21.4 Å². The minimum atomic E-state index is -4.32. The standard InChI is InChI=1S/C18H21F3N2O2S2/c1-12-6-8-23(9-7-12)14(15-3-2-10-26-15)11-22-27(24,25)16-5-4-13(19)17(20)18(16)21/h2-5,10,12,14,22H,6-9,11H2,1H3. The van der Waals surface area contributed by atoms with Crippen LogP contribution in [0.15, 0.2) is 34.5 Å². The zero-order chi connectivity index (χ0) is 19.6. The van der Waals surface area contributed by atoms with Gasteiger partial charge in [0.05, 0.1) is 6.04 Å². The van der Waals surface area contributed by atoms with Crippen molar-refractivity contribution in [3.05, 3.63) is 52.0 Å². The minimum absolute atomic E-state index is 0.0235. The van der Waals surface area contributed by atoms with Crippen molar-refractivity contribution in [3.63, 3.8) is 0 Å². The average Bonchev–Trinajstić information content (AvgIpc) is 3.15. The number of likely N-dealkylation sites (tertiary alicyclic amines) is 1. The van der Waals surface area contributed by atoms with Gasteiger partial charge in [-0.1, -0.05) is 13.0 Å². The van der Waals surface area contributed by atoms with Crippen molar-refractivity contribution in [2.45, 2.75) is 30.7 Å². The van der Waals surface area contributed by atoms with Gasteiger partial charge in [-0.05, 0) is 55.4 Å². The number of benzene rings is 1. The molecule has 1 saturated heterocycles. The number of nitrogens with one attached hydrogen (secondary N) is 1. The summed E-state index contributed by atoms with van der Waals surface area (Å²) >= 11 is 1.52. The Bertz CT molecular complexity index is 880. The summed E-state index contributed by atoms with van der Waals surface area (Å²) in [6, 6.07) is 4.97. The normalized spacial score (nSPS) is 17.9. The number of piperidine rings is 1. The van der Waals surface area contributed by atoms with Gasteiger partial charge in [0.2, 0.25) is 10.0 Å². The third-order valence-electron chi connectivity index (χ3n) is 4.89. The van der Waals surface area contributed by atoms with Crippen LogP contribution in [-0.2, 0) is 10.0 Å². The summed E-state index contributed by atoms with van der Waals surface area (Å²) in [7, 11) is -4.32. The lowest BCUT2D eigenvalue weighted by molar-refractivity contribution is 0.141. The summed E-state index contributed by atoms with van der Waals surface area (Å²) in [5.74, 6) is -4.30. The highest BCUT2D eigenvalue weighted by Gasteiger charge is 2.29. The van der Waals surface area contributed by atoms with E-state index in [0.717, 1.165) is 36.9 Å². The predicted molar refractivity (Wildman–Crippen MR) is 98.5 cm³/mol. The second-order valence-electron chi connectivity index (χ2n) is 6.78. The molecule has 9 heteroatoms. The predicted octanol–water partition coefficient (Wildman–Crippen LogP) is 3.92. The molecule has 2 aromatic rings. The molecule has 0 aliphatic carbocycles. The SMILES string of the molecule is CC1CCN(C(CNS(=O)(=O)c2ccc(F)c(F)c2F)c2cccs2)CC1. The first-order chi connectivity index (χ1) is 12.8. The quantitative estimate of drug-likeness (QED) is 0.724. The van der Waals surface area contributed by atoms with Crippen LogP contribution in [0.5, 0.6) is 0 Å². The summed E-state index contributed by atoms with van der Waals surface area (Å²) < 4.78 is 67.7. The Hall–Kier alpha value is -1.42. The third kappa shape index (κ3) is 4.53. The van der Waals surface area contributed by atoms with Crippen molar-refractivity contribution in [1.29, 1.82) is 0 Å². The van der Waals surface area contributed by atoms with Gasteiger partial charge in [-0.25, -0.2) is 26.3 Å². The summed E-state index contributed by atoms with van der Waals surface area (Å²) in [6.07, 6.45) is 2.04. The van der Waals surface area contributed by atoms with Crippen LogP contribution in [0, 0.1) is 23.4 Å². The van der Waals surface area contributed by atoms with E-state index in [1.165, 1.54) is 11.3 Å². The van der Waals surface area contributed by atoms with E-state index < -0.39 is 32.4 Å². The van der Waals surface area contributed by atoms with E-state index >= 15 is 0 Å². The van der Waals surface area contributed by atoms with E-state index in [0.29, 0.717) is 12.0 Å². The molecule has 4 nitrogen and oxygen atoms in total. The van der Waals surface area contributed by atoms with Crippen LogP contribution in [0.3, 0.4) is 0 Å². The molecule has 148 valence electrons. The molecule has 0 spiro atoms. The topological polar surface area (TPSA) is 49.4 Å². The van der Waals surface area contributed by atoms with Gasteiger partial charge in [0.15, 0.2) is 17.5 Å². The van der Waals surface area contributed by atoms with E-state index in [4.69, 9.17) is 0 Å². The van der Waals surface area contributed by atoms with Gasteiger partial charge in [0, 0.05) is 11.4 Å². The molecule has 1 aliphatic heterocycles. The lowest BCUT2D eigenvalue weighted by Gasteiger charge is -2.36. The maximum Gasteiger partial charge on any atom is 0.243 e. The number of halogens is 3. The second-order valence-corrected chi connectivity index (χ2v) is 9.49. The van der Waals surface area contributed by atoms with Crippen LogP contribution in [0.2, 0.25) is 0 Å². The van der Waals surface area contributed by atoms with Crippen LogP contribution in [-0.4, -0.2) is 33.0 Å². The molecule has 1 aromatic heterocycles. The molecule has 0 radical (unpaired) electrons. The maximum atomic E-state index is 13.9. The Morgan fingerprint density at radius 2 is 1.89 bits per heavy atom. The minimum Gasteiger partial charge on any atom is -0.294 e. The zero-order valence-corrected chi connectivity index (χ0v) is 16.4. The fourth-order valence-corrected chi connectivity index (χ4v) is 5.18. The molecule has 0 amide bonds. The monoisotopic (exact) mass is 418 g/mol. The van der Waals surface area contributed by atoms with Crippen LogP contribution >= 0.6 is 11.3 Å². The largest absolute Gasteiger partial charge is 0.294 e. The lowest BCUT2D eigenvalue weighted by Crippen LogP contribution is -2.41. The Morgan fingerprint density at radius 3 is 2.52 bits per heavy atom. The van der Waals surface area contributed by atoms with Crippen LogP contribution < -0.4 is 4.72 Å². The fourth-order valence-electron chi connectivity index (χ4n) is 3.21. The fraction of sp³-hybridized carbons (Fsp3) is 0.444. The highest BCUT2D eigenvalue weighted by Crippen LogP contribution is 2.29. The Labute approximate surface area is 161 Å². The van der Waals surface area contributed by atoms with Crippen LogP contribution in [0.1, 0.15) is 30.7 Å². The van der Waals surface area contributed by atoms with E-state index in [2.05, 4.69) is 16.5 Å². The highest BCUT2D eigenvalue weighted by atomic mass is 32.2. The average molecular weight is 419 g/mol. The van der Waals surface area contributed by atoms with E-state index in [9.17, 15) is 21.6 Å². The van der Waals surface area contributed by atoms with E-state index in [1.54, 1.807) is 0 Å². The summed E-state index contributed by atoms with van der Waals surface area (Å²) in [5, 5.41) is 1.92. The van der Waals surface area contributed by atoms with Crippen molar-refractivity contribution in [3.8, 4) is 0 Å². The van der Waals surface area contributed by atoms with Gasteiger partial charge < -0.3 is 0 Å². The molecule has 27 heavy (non-hydrogen) atoms. The molecule has 2 heterocycles. The number of rotatable bonds is 6. The van der Waals surface area contributed by atoms with Crippen molar-refractivity contribution in [2.75, 3.05) is 19.6 Å². The zero-order valence-electron chi connectivity index (χ0n) is 14.8.